The maximum Gasteiger partial charge on any atom is 0.235 e. The zero-order chi connectivity index (χ0) is 20.0. The van der Waals surface area contributed by atoms with Crippen LogP contribution in [-0.4, -0.2) is 31.2 Å². The highest BCUT2D eigenvalue weighted by atomic mass is 19.1. The Kier molecular flexibility index (Phi) is 6.62. The molecule has 0 spiro atoms. The Morgan fingerprint density at radius 3 is 2.64 bits per heavy atom. The largest absolute Gasteiger partial charge is 0.475 e. The predicted molar refractivity (Wildman–Crippen MR) is 106 cm³/mol. The highest BCUT2D eigenvalue weighted by Crippen LogP contribution is 2.41. The Hall–Kier alpha value is -2.47. The number of hydrogen-bond donors (Lipinski definition) is 1. The normalized spacial score (nSPS) is 15.8. The zero-order valence-electron chi connectivity index (χ0n) is 16.5. The molecule has 1 aromatic carbocycles. The van der Waals surface area contributed by atoms with Crippen molar-refractivity contribution in [2.24, 2.45) is 0 Å². The van der Waals surface area contributed by atoms with Crippen molar-refractivity contribution in [2.45, 2.75) is 44.4 Å². The summed E-state index contributed by atoms with van der Waals surface area (Å²) < 4.78 is 25.1. The smallest absolute Gasteiger partial charge is 0.235 e. The number of aromatic nitrogens is 1. The number of halogens is 1. The van der Waals surface area contributed by atoms with Crippen LogP contribution < -0.4 is 10.1 Å². The van der Waals surface area contributed by atoms with Crippen LogP contribution in [0.15, 0.2) is 36.5 Å². The maximum absolute atomic E-state index is 14.6. The maximum atomic E-state index is 14.6. The third-order valence-electron chi connectivity index (χ3n) is 5.35. The Morgan fingerprint density at radius 2 is 1.96 bits per heavy atom. The highest BCUT2D eigenvalue weighted by molar-refractivity contribution is 5.99. The van der Waals surface area contributed by atoms with Gasteiger partial charge in [0.25, 0.3) is 0 Å². The molecule has 0 bridgehead atoms. The molecule has 28 heavy (non-hydrogen) atoms. The van der Waals surface area contributed by atoms with Gasteiger partial charge < -0.3 is 14.8 Å². The van der Waals surface area contributed by atoms with E-state index in [0.29, 0.717) is 43.2 Å². The lowest BCUT2D eigenvalue weighted by Gasteiger charge is -2.36. The summed E-state index contributed by atoms with van der Waals surface area (Å²) in [6.07, 6.45) is 5.74. The first kappa shape index (κ1) is 20.3. The number of nitrogens with zero attached hydrogens (tertiary/aromatic N) is 1. The summed E-state index contributed by atoms with van der Waals surface area (Å²) in [6.45, 7) is 2.76. The lowest BCUT2D eigenvalue weighted by Crippen LogP contribution is -2.42. The van der Waals surface area contributed by atoms with Gasteiger partial charge in [-0.3, -0.25) is 4.79 Å². The molecule has 0 saturated heterocycles. The van der Waals surface area contributed by atoms with Crippen LogP contribution in [0.1, 0.15) is 43.2 Å². The first-order valence-electron chi connectivity index (χ1n) is 9.72. The van der Waals surface area contributed by atoms with Crippen LogP contribution >= 0.6 is 0 Å². The second kappa shape index (κ2) is 9.15. The monoisotopic (exact) mass is 386 g/mol. The van der Waals surface area contributed by atoms with Gasteiger partial charge in [0.2, 0.25) is 11.8 Å². The van der Waals surface area contributed by atoms with Gasteiger partial charge >= 0.3 is 0 Å². The molecule has 6 heteroatoms. The van der Waals surface area contributed by atoms with Gasteiger partial charge in [-0.2, -0.15) is 0 Å². The van der Waals surface area contributed by atoms with Crippen molar-refractivity contribution in [1.29, 1.82) is 0 Å². The number of anilines is 1. The van der Waals surface area contributed by atoms with E-state index in [-0.39, 0.29) is 11.7 Å². The van der Waals surface area contributed by atoms with Crippen molar-refractivity contribution in [3.05, 3.63) is 53.5 Å². The molecular formula is C22H27FN2O3. The number of benzene rings is 1. The molecule has 150 valence electrons. The van der Waals surface area contributed by atoms with Crippen molar-refractivity contribution in [3.63, 3.8) is 0 Å². The van der Waals surface area contributed by atoms with E-state index < -0.39 is 5.41 Å². The van der Waals surface area contributed by atoms with Gasteiger partial charge in [0.05, 0.1) is 23.9 Å². The second-order valence-electron chi connectivity index (χ2n) is 7.26. The summed E-state index contributed by atoms with van der Waals surface area (Å²) in [7, 11) is 1.61. The Bertz CT molecular complexity index is 819. The topological polar surface area (TPSA) is 60.5 Å². The molecule has 1 aliphatic rings. The number of pyridine rings is 1. The van der Waals surface area contributed by atoms with E-state index in [1.807, 2.05) is 13.0 Å². The minimum Gasteiger partial charge on any atom is -0.475 e. The van der Waals surface area contributed by atoms with Gasteiger partial charge in [0.1, 0.15) is 12.4 Å². The van der Waals surface area contributed by atoms with E-state index in [9.17, 15) is 9.18 Å². The summed E-state index contributed by atoms with van der Waals surface area (Å²) in [5.41, 5.74) is 1.04. The highest BCUT2D eigenvalue weighted by Gasteiger charge is 2.42. The number of hydrogen-bond acceptors (Lipinski definition) is 4. The molecule has 5 nitrogen and oxygen atoms in total. The Balaban J connectivity index is 1.81. The second-order valence-corrected chi connectivity index (χ2v) is 7.26. The molecule has 1 heterocycles. The summed E-state index contributed by atoms with van der Waals surface area (Å²) >= 11 is 0. The van der Waals surface area contributed by atoms with E-state index in [4.69, 9.17) is 9.47 Å². The number of aryl methyl sites for hydroxylation is 1. The molecule has 1 N–H and O–H groups in total. The van der Waals surface area contributed by atoms with Gasteiger partial charge in [-0.25, -0.2) is 9.37 Å². The van der Waals surface area contributed by atoms with Gasteiger partial charge in [-0.05, 0) is 31.9 Å². The zero-order valence-corrected chi connectivity index (χ0v) is 16.5. The molecule has 1 amide bonds. The molecule has 0 aliphatic heterocycles. The average molecular weight is 386 g/mol. The van der Waals surface area contributed by atoms with Crippen molar-refractivity contribution < 1.29 is 18.7 Å². The number of methoxy groups -OCH3 is 1. The quantitative estimate of drug-likeness (QED) is 0.717. The van der Waals surface area contributed by atoms with Gasteiger partial charge in [-0.1, -0.05) is 37.5 Å². The van der Waals surface area contributed by atoms with Crippen molar-refractivity contribution in [1.82, 2.24) is 4.98 Å². The van der Waals surface area contributed by atoms with Crippen LogP contribution in [0.3, 0.4) is 0 Å². The predicted octanol–water partition coefficient (Wildman–Crippen LogP) is 4.39. The summed E-state index contributed by atoms with van der Waals surface area (Å²) in [5, 5.41) is 2.97. The van der Waals surface area contributed by atoms with E-state index in [2.05, 4.69) is 10.3 Å². The third kappa shape index (κ3) is 4.33. The van der Waals surface area contributed by atoms with Crippen LogP contribution in [0.5, 0.6) is 5.88 Å². The summed E-state index contributed by atoms with van der Waals surface area (Å²) in [4.78, 5) is 17.6. The lowest BCUT2D eigenvalue weighted by molar-refractivity contribution is -0.122. The average Bonchev–Trinajstić information content (AvgIpc) is 2.70. The van der Waals surface area contributed by atoms with Crippen LogP contribution in [0.25, 0.3) is 0 Å². The molecule has 0 unspecified atom stereocenters. The number of nitrogens with one attached hydrogen (secondary N) is 1. The lowest BCUT2D eigenvalue weighted by atomic mass is 9.68. The number of rotatable bonds is 7. The molecule has 1 saturated carbocycles. The number of carbonyl (C=O) groups is 1. The Labute approximate surface area is 165 Å². The molecule has 0 radical (unpaired) electrons. The number of ether oxygens (including phenoxy) is 2. The minimum absolute atomic E-state index is 0.174. The molecule has 0 atom stereocenters. The van der Waals surface area contributed by atoms with E-state index in [0.717, 1.165) is 24.8 Å². The first-order valence-corrected chi connectivity index (χ1v) is 9.72. The van der Waals surface area contributed by atoms with Crippen molar-refractivity contribution in [2.75, 3.05) is 25.6 Å². The number of carbonyl (C=O) groups excluding carboxylic acids is 1. The summed E-state index contributed by atoms with van der Waals surface area (Å²) in [5.74, 6) is 0.0128. The van der Waals surface area contributed by atoms with Crippen molar-refractivity contribution >= 4 is 11.6 Å². The van der Waals surface area contributed by atoms with E-state index >= 15 is 0 Å². The van der Waals surface area contributed by atoms with Crippen LogP contribution in [-0.2, 0) is 14.9 Å². The van der Waals surface area contributed by atoms with Gasteiger partial charge in [-0.15, -0.1) is 0 Å². The fourth-order valence-electron chi connectivity index (χ4n) is 3.88. The SMILES string of the molecule is COCCOc1ncc(NC(=O)C2(c3ccccc3F)CCCCC2)cc1C. The van der Waals surface area contributed by atoms with Crippen LogP contribution in [0.2, 0.25) is 0 Å². The third-order valence-corrected chi connectivity index (χ3v) is 5.35. The number of amides is 1. The molecule has 3 rings (SSSR count). The van der Waals surface area contributed by atoms with Crippen molar-refractivity contribution in [3.8, 4) is 5.88 Å². The minimum atomic E-state index is -0.842. The van der Waals surface area contributed by atoms with Gasteiger partial charge in [0.15, 0.2) is 0 Å². The Morgan fingerprint density at radius 1 is 1.21 bits per heavy atom. The van der Waals surface area contributed by atoms with Crippen LogP contribution in [0.4, 0.5) is 10.1 Å². The molecule has 1 fully saturated rings. The molecule has 1 aromatic heterocycles. The van der Waals surface area contributed by atoms with Gasteiger partial charge in [0, 0.05) is 18.2 Å². The first-order chi connectivity index (χ1) is 13.6. The molecular weight excluding hydrogens is 359 g/mol. The fraction of sp³-hybridized carbons (Fsp3) is 0.455. The summed E-state index contributed by atoms with van der Waals surface area (Å²) in [6, 6.07) is 8.43. The van der Waals surface area contributed by atoms with E-state index in [1.165, 1.54) is 6.07 Å². The standard InChI is InChI=1S/C22H27FN2O3/c1-16-14-17(15-24-20(16)28-13-12-27-2)25-21(26)22(10-6-3-7-11-22)18-8-4-5-9-19(18)23/h4-5,8-9,14-15H,3,6-7,10-13H2,1-2H3,(H,25,26). The van der Waals surface area contributed by atoms with Crippen LogP contribution in [0, 0.1) is 12.7 Å². The molecule has 1 aliphatic carbocycles. The molecule has 2 aromatic rings. The fourth-order valence-corrected chi connectivity index (χ4v) is 3.88. The van der Waals surface area contributed by atoms with E-state index in [1.54, 1.807) is 31.5 Å².